The van der Waals surface area contributed by atoms with Gasteiger partial charge in [-0.1, -0.05) is 26.0 Å². The highest BCUT2D eigenvalue weighted by Gasteiger charge is 2.31. The third kappa shape index (κ3) is 2.62. The van der Waals surface area contributed by atoms with Gasteiger partial charge >= 0.3 is 0 Å². The zero-order chi connectivity index (χ0) is 16.9. The lowest BCUT2D eigenvalue weighted by molar-refractivity contribution is 0.356. The van der Waals surface area contributed by atoms with Crippen LogP contribution in [0.15, 0.2) is 21.7 Å². The van der Waals surface area contributed by atoms with Crippen molar-refractivity contribution in [2.75, 3.05) is 18.0 Å². The summed E-state index contributed by atoms with van der Waals surface area (Å²) in [5.74, 6) is 1.11. The Hall–Kier alpha value is -1.90. The van der Waals surface area contributed by atoms with Crippen LogP contribution in [0.1, 0.15) is 37.0 Å². The highest BCUT2D eigenvalue weighted by Crippen LogP contribution is 2.34. The molecule has 2 aromatic rings. The van der Waals surface area contributed by atoms with Crippen LogP contribution in [0.25, 0.3) is 11.1 Å². The Morgan fingerprint density at radius 3 is 2.04 bits per heavy atom. The average Bonchev–Trinajstić information content (AvgIpc) is 2.47. The predicted molar refractivity (Wildman–Crippen MR) is 96.2 cm³/mol. The van der Waals surface area contributed by atoms with Crippen LogP contribution in [0.5, 0.6) is 0 Å². The Morgan fingerprint density at radius 1 is 0.870 bits per heavy atom. The lowest BCUT2D eigenvalue weighted by Crippen LogP contribution is -2.47. The van der Waals surface area contributed by atoms with Gasteiger partial charge in [0.05, 0.1) is 5.56 Å². The van der Waals surface area contributed by atoms with E-state index in [1.165, 1.54) is 12.0 Å². The summed E-state index contributed by atoms with van der Waals surface area (Å²) < 4.78 is 0. The molecule has 0 radical (unpaired) electrons. The van der Waals surface area contributed by atoms with E-state index < -0.39 is 0 Å². The van der Waals surface area contributed by atoms with Crippen molar-refractivity contribution < 1.29 is 0 Å². The molecule has 0 unspecified atom stereocenters. The van der Waals surface area contributed by atoms with Gasteiger partial charge in [0, 0.05) is 13.1 Å². The number of benzene rings is 1. The zero-order valence-electron chi connectivity index (χ0n) is 14.7. The third-order valence-electron chi connectivity index (χ3n) is 5.18. The van der Waals surface area contributed by atoms with Crippen molar-refractivity contribution in [3.8, 4) is 11.1 Å². The summed E-state index contributed by atoms with van der Waals surface area (Å²) in [6, 6.07) is 4.16. The molecule has 0 N–H and O–H groups in total. The molecule has 1 fully saturated rings. The van der Waals surface area contributed by atoms with E-state index in [9.17, 15) is 9.59 Å². The number of nitrogens with zero attached hydrogens (tertiary/aromatic N) is 1. The van der Waals surface area contributed by atoms with Gasteiger partial charge in [-0.15, -0.1) is 0 Å². The summed E-state index contributed by atoms with van der Waals surface area (Å²) in [7, 11) is 0. The lowest BCUT2D eigenvalue weighted by atomic mass is 9.87. The SMILES string of the molecule is Cc1cc(C)c(-c2c(N3C[C@H](C)C[C@@H](C)C3)c(=O)c2=O)cc1C. The first kappa shape index (κ1) is 16.0. The Morgan fingerprint density at radius 2 is 1.43 bits per heavy atom. The molecule has 1 aliphatic heterocycles. The number of rotatable bonds is 2. The van der Waals surface area contributed by atoms with E-state index >= 15 is 0 Å². The molecule has 0 saturated carbocycles. The van der Waals surface area contributed by atoms with E-state index in [4.69, 9.17) is 0 Å². The van der Waals surface area contributed by atoms with Gasteiger partial charge in [-0.2, -0.15) is 0 Å². The number of aryl methyl sites for hydroxylation is 3. The first-order valence-electron chi connectivity index (χ1n) is 8.46. The molecule has 1 heterocycles. The molecule has 0 spiro atoms. The molecule has 1 saturated heterocycles. The molecule has 2 atom stereocenters. The molecule has 1 aliphatic rings. The topological polar surface area (TPSA) is 37.4 Å². The fraction of sp³-hybridized carbons (Fsp3) is 0.500. The molecule has 23 heavy (non-hydrogen) atoms. The molecule has 3 rings (SSSR count). The minimum atomic E-state index is -0.322. The van der Waals surface area contributed by atoms with Crippen molar-refractivity contribution in [3.63, 3.8) is 0 Å². The Balaban J connectivity index is 2.10. The highest BCUT2D eigenvalue weighted by atomic mass is 16.2. The predicted octanol–water partition coefficient (Wildman–Crippen LogP) is 3.36. The Labute approximate surface area is 137 Å². The molecule has 122 valence electrons. The van der Waals surface area contributed by atoms with Gasteiger partial charge in [-0.05, 0) is 61.3 Å². The van der Waals surface area contributed by atoms with Crippen molar-refractivity contribution in [2.24, 2.45) is 11.8 Å². The molecule has 2 aromatic carbocycles. The number of hydrogen-bond acceptors (Lipinski definition) is 3. The van der Waals surface area contributed by atoms with Crippen molar-refractivity contribution in [1.82, 2.24) is 0 Å². The van der Waals surface area contributed by atoms with E-state index in [-0.39, 0.29) is 10.9 Å². The smallest absolute Gasteiger partial charge is 0.250 e. The highest BCUT2D eigenvalue weighted by molar-refractivity contribution is 5.85. The second-order valence-electron chi connectivity index (χ2n) is 7.48. The van der Waals surface area contributed by atoms with Crippen LogP contribution in [0.3, 0.4) is 0 Å². The molecule has 0 amide bonds. The summed E-state index contributed by atoms with van der Waals surface area (Å²) in [5, 5.41) is 0. The molecular weight excluding hydrogens is 286 g/mol. The molecule has 0 aromatic heterocycles. The number of anilines is 1. The summed E-state index contributed by atoms with van der Waals surface area (Å²) >= 11 is 0. The number of piperidine rings is 1. The fourth-order valence-corrected chi connectivity index (χ4v) is 4.01. The standard InChI is InChI=1S/C20H25NO2/c1-11-6-12(2)10-21(9-11)18-17(19(22)20(18)23)16-8-14(4)13(3)7-15(16)5/h7-8,11-12H,6,9-10H2,1-5H3/t11-,12-/m1/s1. The molecule has 0 bridgehead atoms. The minimum Gasteiger partial charge on any atom is -0.367 e. The van der Waals surface area contributed by atoms with Crippen molar-refractivity contribution >= 4 is 5.69 Å². The van der Waals surface area contributed by atoms with Crippen LogP contribution in [-0.2, 0) is 0 Å². The molecule has 3 nitrogen and oxygen atoms in total. The second kappa shape index (κ2) is 5.63. The lowest BCUT2D eigenvalue weighted by Gasteiger charge is -2.37. The fourth-order valence-electron chi connectivity index (χ4n) is 4.01. The maximum absolute atomic E-state index is 12.3. The van der Waals surface area contributed by atoms with Crippen molar-refractivity contribution in [2.45, 2.75) is 41.0 Å². The van der Waals surface area contributed by atoms with Crippen molar-refractivity contribution in [3.05, 3.63) is 49.3 Å². The zero-order valence-corrected chi connectivity index (χ0v) is 14.7. The van der Waals surface area contributed by atoms with Gasteiger partial charge in [0.1, 0.15) is 5.69 Å². The van der Waals surface area contributed by atoms with Gasteiger partial charge in [-0.25, -0.2) is 0 Å². The quantitative estimate of drug-likeness (QED) is 0.798. The summed E-state index contributed by atoms with van der Waals surface area (Å²) in [6.45, 7) is 12.3. The molecule has 0 aliphatic carbocycles. The van der Waals surface area contributed by atoms with Crippen LogP contribution < -0.4 is 15.8 Å². The Kier molecular flexibility index (Phi) is 3.91. The van der Waals surface area contributed by atoms with Crippen LogP contribution in [-0.4, -0.2) is 13.1 Å². The molecule has 3 heteroatoms. The maximum Gasteiger partial charge on any atom is 0.250 e. The monoisotopic (exact) mass is 311 g/mol. The normalized spacial score (nSPS) is 21.9. The maximum atomic E-state index is 12.3. The number of hydrogen-bond donors (Lipinski definition) is 0. The van der Waals surface area contributed by atoms with E-state index in [1.54, 1.807) is 0 Å². The summed E-state index contributed by atoms with van der Waals surface area (Å²) in [5.41, 5.74) is 5.03. The first-order chi connectivity index (χ1) is 10.8. The van der Waals surface area contributed by atoms with Gasteiger partial charge in [0.2, 0.25) is 10.9 Å². The largest absolute Gasteiger partial charge is 0.367 e. The minimum absolute atomic E-state index is 0.307. The average molecular weight is 311 g/mol. The molecular formula is C20H25NO2. The van der Waals surface area contributed by atoms with Crippen LogP contribution >= 0.6 is 0 Å². The van der Waals surface area contributed by atoms with Crippen LogP contribution in [0.4, 0.5) is 5.69 Å². The van der Waals surface area contributed by atoms with Crippen molar-refractivity contribution in [1.29, 1.82) is 0 Å². The Bertz CT molecular complexity index is 817. The van der Waals surface area contributed by atoms with Crippen LogP contribution in [0.2, 0.25) is 0 Å². The van der Waals surface area contributed by atoms with Gasteiger partial charge < -0.3 is 4.90 Å². The van der Waals surface area contributed by atoms with Gasteiger partial charge in [0.25, 0.3) is 0 Å². The first-order valence-corrected chi connectivity index (χ1v) is 8.46. The third-order valence-corrected chi connectivity index (χ3v) is 5.18. The summed E-state index contributed by atoms with van der Waals surface area (Å²) in [6.07, 6.45) is 1.18. The van der Waals surface area contributed by atoms with Crippen LogP contribution in [0, 0.1) is 32.6 Å². The van der Waals surface area contributed by atoms with E-state index in [0.29, 0.717) is 23.1 Å². The van der Waals surface area contributed by atoms with E-state index in [1.807, 2.05) is 6.92 Å². The van der Waals surface area contributed by atoms with E-state index in [2.05, 4.69) is 44.7 Å². The summed E-state index contributed by atoms with van der Waals surface area (Å²) in [4.78, 5) is 26.7. The van der Waals surface area contributed by atoms with Gasteiger partial charge in [-0.3, -0.25) is 9.59 Å². The van der Waals surface area contributed by atoms with E-state index in [0.717, 1.165) is 29.8 Å². The van der Waals surface area contributed by atoms with Gasteiger partial charge in [0.15, 0.2) is 0 Å². The second-order valence-corrected chi connectivity index (χ2v) is 7.48.